The number of esters is 2. The normalized spacial score (nSPS) is 21.8. The first-order valence-electron chi connectivity index (χ1n) is 10.3. The van der Waals surface area contributed by atoms with Crippen LogP contribution in [0.1, 0.15) is 77.6 Å². The zero-order valence-corrected chi connectivity index (χ0v) is 17.0. The number of amides is 1. The molecule has 1 N–H and O–H groups in total. The highest BCUT2D eigenvalue weighted by molar-refractivity contribution is 5.99. The first-order chi connectivity index (χ1) is 13.4. The van der Waals surface area contributed by atoms with Crippen LogP contribution in [0.4, 0.5) is 0 Å². The highest BCUT2D eigenvalue weighted by Crippen LogP contribution is 2.35. The Labute approximate surface area is 165 Å². The van der Waals surface area contributed by atoms with Gasteiger partial charge in [0.05, 0.1) is 12.2 Å². The van der Waals surface area contributed by atoms with Crippen molar-refractivity contribution in [2.45, 2.75) is 65.3 Å². The molecular formula is C21H30N2O5. The molecule has 154 valence electrons. The number of H-pyrrole nitrogens is 1. The lowest BCUT2D eigenvalue weighted by Gasteiger charge is -2.44. The second-order valence-corrected chi connectivity index (χ2v) is 7.76. The van der Waals surface area contributed by atoms with Gasteiger partial charge in [-0.05, 0) is 57.9 Å². The minimum atomic E-state index is -0.590. The van der Waals surface area contributed by atoms with Crippen LogP contribution in [0.2, 0.25) is 0 Å². The number of hydrogen-bond acceptors (Lipinski definition) is 5. The van der Waals surface area contributed by atoms with Gasteiger partial charge in [-0.15, -0.1) is 0 Å². The summed E-state index contributed by atoms with van der Waals surface area (Å²) in [5.41, 5.74) is 1.56. The van der Waals surface area contributed by atoms with Crippen molar-refractivity contribution < 1.29 is 23.9 Å². The number of ether oxygens (including phenoxy) is 2. The van der Waals surface area contributed by atoms with E-state index in [0.717, 1.165) is 25.8 Å². The number of nitrogens with one attached hydrogen (secondary N) is 1. The molecule has 1 saturated heterocycles. The molecule has 2 aliphatic rings. The smallest absolute Gasteiger partial charge is 0.355 e. The molecule has 0 radical (unpaired) electrons. The van der Waals surface area contributed by atoms with Gasteiger partial charge >= 0.3 is 11.9 Å². The molecule has 1 amide bonds. The van der Waals surface area contributed by atoms with Crippen molar-refractivity contribution in [3.05, 3.63) is 22.5 Å². The van der Waals surface area contributed by atoms with Crippen molar-refractivity contribution >= 4 is 17.8 Å². The van der Waals surface area contributed by atoms with Crippen molar-refractivity contribution in [1.82, 2.24) is 9.88 Å². The van der Waals surface area contributed by atoms with Crippen LogP contribution in [0.3, 0.4) is 0 Å². The molecule has 1 saturated carbocycles. The van der Waals surface area contributed by atoms with Gasteiger partial charge < -0.3 is 19.4 Å². The third-order valence-corrected chi connectivity index (χ3v) is 6.01. The molecule has 7 nitrogen and oxygen atoms in total. The Hall–Kier alpha value is -2.31. The fourth-order valence-electron chi connectivity index (χ4n) is 4.68. The van der Waals surface area contributed by atoms with Gasteiger partial charge in [0.25, 0.3) is 5.91 Å². The molecule has 0 bridgehead atoms. The van der Waals surface area contributed by atoms with Gasteiger partial charge in [0.15, 0.2) is 6.61 Å². The van der Waals surface area contributed by atoms with E-state index in [-0.39, 0.29) is 24.8 Å². The minimum absolute atomic E-state index is 0.124. The highest BCUT2D eigenvalue weighted by atomic mass is 16.5. The predicted octanol–water partition coefficient (Wildman–Crippen LogP) is 3.15. The number of fused-ring (bicyclic) bond motifs is 1. The zero-order valence-electron chi connectivity index (χ0n) is 17.0. The summed E-state index contributed by atoms with van der Waals surface area (Å²) in [4.78, 5) is 42.1. The Bertz CT molecular complexity index is 752. The van der Waals surface area contributed by atoms with Crippen LogP contribution in [0.15, 0.2) is 0 Å². The molecule has 1 aliphatic heterocycles. The monoisotopic (exact) mass is 390 g/mol. The number of rotatable bonds is 5. The van der Waals surface area contributed by atoms with Gasteiger partial charge in [0.1, 0.15) is 5.69 Å². The first-order valence-corrected chi connectivity index (χ1v) is 10.3. The lowest BCUT2D eigenvalue weighted by Crippen LogP contribution is -2.50. The van der Waals surface area contributed by atoms with Crippen LogP contribution in [0.25, 0.3) is 0 Å². The number of hydrogen-bond donors (Lipinski definition) is 1. The van der Waals surface area contributed by atoms with E-state index in [1.54, 1.807) is 20.8 Å². The number of aryl methyl sites for hydroxylation is 1. The van der Waals surface area contributed by atoms with E-state index in [9.17, 15) is 14.4 Å². The molecule has 2 fully saturated rings. The number of carbonyl (C=O) groups excluding carboxylic acids is 3. The Balaban J connectivity index is 1.64. The summed E-state index contributed by atoms with van der Waals surface area (Å²) >= 11 is 0. The number of aromatic amines is 1. The number of nitrogens with zero attached hydrogens (tertiary/aromatic N) is 1. The van der Waals surface area contributed by atoms with Crippen LogP contribution >= 0.6 is 0 Å². The van der Waals surface area contributed by atoms with Crippen molar-refractivity contribution in [3.8, 4) is 0 Å². The maximum absolute atomic E-state index is 12.7. The van der Waals surface area contributed by atoms with E-state index in [1.807, 2.05) is 4.90 Å². The molecular weight excluding hydrogens is 360 g/mol. The number of aromatic nitrogens is 1. The summed E-state index contributed by atoms with van der Waals surface area (Å²) in [5, 5.41) is 0. The lowest BCUT2D eigenvalue weighted by molar-refractivity contribution is -0.140. The summed E-state index contributed by atoms with van der Waals surface area (Å²) in [6.45, 7) is 5.83. The third kappa shape index (κ3) is 4.08. The molecule has 2 heterocycles. The van der Waals surface area contributed by atoms with E-state index >= 15 is 0 Å². The van der Waals surface area contributed by atoms with Gasteiger partial charge in [0.2, 0.25) is 0 Å². The summed E-state index contributed by atoms with van der Waals surface area (Å²) in [6, 6.07) is 0.292. The topological polar surface area (TPSA) is 88.7 Å². The van der Waals surface area contributed by atoms with Gasteiger partial charge in [-0.3, -0.25) is 4.79 Å². The Morgan fingerprint density at radius 3 is 2.50 bits per heavy atom. The van der Waals surface area contributed by atoms with Crippen molar-refractivity contribution in [2.24, 2.45) is 5.92 Å². The average Bonchev–Trinajstić information content (AvgIpc) is 3.00. The van der Waals surface area contributed by atoms with Gasteiger partial charge in [-0.2, -0.15) is 0 Å². The number of piperidine rings is 1. The highest BCUT2D eigenvalue weighted by Gasteiger charge is 2.36. The van der Waals surface area contributed by atoms with Crippen LogP contribution in [-0.4, -0.2) is 53.5 Å². The summed E-state index contributed by atoms with van der Waals surface area (Å²) in [5.74, 6) is -0.632. The van der Waals surface area contributed by atoms with E-state index in [0.29, 0.717) is 28.8 Å². The van der Waals surface area contributed by atoms with Crippen LogP contribution in [0.5, 0.6) is 0 Å². The molecule has 0 spiro atoms. The average molecular weight is 390 g/mol. The molecule has 0 aromatic carbocycles. The van der Waals surface area contributed by atoms with Gasteiger partial charge in [-0.1, -0.05) is 12.8 Å². The Morgan fingerprint density at radius 2 is 1.75 bits per heavy atom. The van der Waals surface area contributed by atoms with Crippen LogP contribution < -0.4 is 0 Å². The molecule has 0 unspecified atom stereocenters. The molecule has 1 aromatic heterocycles. The van der Waals surface area contributed by atoms with Gasteiger partial charge in [-0.25, -0.2) is 9.59 Å². The quantitative estimate of drug-likeness (QED) is 0.780. The largest absolute Gasteiger partial charge is 0.461 e. The lowest BCUT2D eigenvalue weighted by atomic mass is 9.78. The second-order valence-electron chi connectivity index (χ2n) is 7.76. The maximum atomic E-state index is 12.7. The second kappa shape index (κ2) is 8.80. The fourth-order valence-corrected chi connectivity index (χ4v) is 4.68. The summed E-state index contributed by atoms with van der Waals surface area (Å²) in [7, 11) is 0. The number of carbonyl (C=O) groups is 3. The molecule has 28 heavy (non-hydrogen) atoms. The molecule has 1 aliphatic carbocycles. The fraction of sp³-hybridized carbons (Fsp3) is 0.667. The predicted molar refractivity (Wildman–Crippen MR) is 103 cm³/mol. The SMILES string of the molecule is CCOC(=O)c1[nH]c(C)c(C(=O)OCC(=O)N2CCC[C@H]3CCCC[C@@H]32)c1C. The zero-order chi connectivity index (χ0) is 20.3. The van der Waals surface area contributed by atoms with Crippen LogP contribution in [-0.2, 0) is 14.3 Å². The minimum Gasteiger partial charge on any atom is -0.461 e. The van der Waals surface area contributed by atoms with Crippen molar-refractivity contribution in [2.75, 3.05) is 19.8 Å². The third-order valence-electron chi connectivity index (χ3n) is 6.01. The van der Waals surface area contributed by atoms with Crippen molar-refractivity contribution in [1.29, 1.82) is 0 Å². The van der Waals surface area contributed by atoms with E-state index in [1.165, 1.54) is 19.3 Å². The van der Waals surface area contributed by atoms with E-state index in [4.69, 9.17) is 9.47 Å². The van der Waals surface area contributed by atoms with Crippen molar-refractivity contribution in [3.63, 3.8) is 0 Å². The molecule has 7 heteroatoms. The van der Waals surface area contributed by atoms with E-state index < -0.39 is 11.9 Å². The summed E-state index contributed by atoms with van der Waals surface area (Å²) in [6.07, 6.45) is 6.83. The van der Waals surface area contributed by atoms with Crippen LogP contribution in [0, 0.1) is 19.8 Å². The van der Waals surface area contributed by atoms with Gasteiger partial charge in [0, 0.05) is 18.3 Å². The standard InChI is InChI=1S/C21H30N2O5/c1-4-27-21(26)19-13(2)18(14(3)22-19)20(25)28-12-17(24)23-11-7-9-15-8-5-6-10-16(15)23/h15-16,22H,4-12H2,1-3H3/t15-,16+/m1/s1. The summed E-state index contributed by atoms with van der Waals surface area (Å²) < 4.78 is 10.3. The Morgan fingerprint density at radius 1 is 1.04 bits per heavy atom. The van der Waals surface area contributed by atoms with E-state index in [2.05, 4.69) is 4.98 Å². The molecule has 1 aromatic rings. The first kappa shape index (κ1) is 20.4. The Kier molecular flexibility index (Phi) is 6.42. The molecule has 2 atom stereocenters. The maximum Gasteiger partial charge on any atom is 0.355 e. The number of likely N-dealkylation sites (tertiary alicyclic amines) is 1. The molecule has 3 rings (SSSR count).